The predicted molar refractivity (Wildman–Crippen MR) is 155 cm³/mol. The minimum absolute atomic E-state index is 0.173. The van der Waals surface area contributed by atoms with Crippen molar-refractivity contribution in [2.24, 2.45) is 0 Å². The van der Waals surface area contributed by atoms with Crippen molar-refractivity contribution in [1.82, 2.24) is 4.57 Å². The fraction of sp³-hybridized carbons (Fsp3) is 0.387. The van der Waals surface area contributed by atoms with Gasteiger partial charge in [0, 0.05) is 55.9 Å². The Balaban J connectivity index is 1.87. The number of aryl methyl sites for hydroxylation is 1. The Kier molecular flexibility index (Phi) is 9.72. The van der Waals surface area contributed by atoms with Gasteiger partial charge in [-0.1, -0.05) is 49.4 Å². The average Bonchev–Trinajstić information content (AvgIpc) is 3.32. The summed E-state index contributed by atoms with van der Waals surface area (Å²) in [5.74, 6) is -2.73. The van der Waals surface area contributed by atoms with E-state index in [4.69, 9.17) is 18.9 Å². The molecule has 2 heterocycles. The van der Waals surface area contributed by atoms with Crippen LogP contribution in [0.3, 0.4) is 0 Å². The molecule has 1 fully saturated rings. The number of ketones is 1. The number of ether oxygens (including phenoxy) is 4. The summed E-state index contributed by atoms with van der Waals surface area (Å²) in [6, 6.07) is 14.7. The smallest absolute Gasteiger partial charge is 0.303 e. The van der Waals surface area contributed by atoms with Crippen molar-refractivity contribution in [2.45, 2.75) is 70.0 Å². The zero-order valence-electron chi connectivity index (χ0n) is 24.0. The second kappa shape index (κ2) is 13.2. The van der Waals surface area contributed by atoms with Crippen LogP contribution in [0.1, 0.15) is 61.5 Å². The highest BCUT2D eigenvalue weighted by molar-refractivity contribution is 8.00. The molecule has 0 N–H and O–H groups in total. The molecular weight excluding hydrogens is 562 g/mol. The first-order chi connectivity index (χ1) is 20.0. The lowest BCUT2D eigenvalue weighted by atomic mass is 10.0. The van der Waals surface area contributed by atoms with Crippen LogP contribution in [0.5, 0.6) is 0 Å². The fourth-order valence-electron chi connectivity index (χ4n) is 5.07. The standard InChI is InChI=1S/C31H33NO9S/c1-6-21-11-13-22(14-12-21)27(37)24-15-32(25-10-8-7-9-23(24)25)31-30(41-20(5)36)29(40-19(4)35)28(39-18(3)34)26(42-31)16-38-17(2)33/h7-15,26,28-31H,6,16H2,1-5H3/t26-,28+,29-,30+,31-/m0/s1. The highest BCUT2D eigenvalue weighted by Gasteiger charge is 2.52. The van der Waals surface area contributed by atoms with Gasteiger partial charge in [0.1, 0.15) is 12.0 Å². The third-order valence-electron chi connectivity index (χ3n) is 6.85. The summed E-state index contributed by atoms with van der Waals surface area (Å²) < 4.78 is 24.0. The van der Waals surface area contributed by atoms with Crippen LogP contribution in [-0.4, -0.2) is 64.4 Å². The largest absolute Gasteiger partial charge is 0.465 e. The van der Waals surface area contributed by atoms with E-state index in [-0.39, 0.29) is 12.4 Å². The van der Waals surface area contributed by atoms with Crippen molar-refractivity contribution in [2.75, 3.05) is 6.61 Å². The summed E-state index contributed by atoms with van der Waals surface area (Å²) in [4.78, 5) is 62.2. The van der Waals surface area contributed by atoms with Crippen LogP contribution in [0.2, 0.25) is 0 Å². The Labute approximate surface area is 247 Å². The first-order valence-corrected chi connectivity index (χ1v) is 14.5. The monoisotopic (exact) mass is 595 g/mol. The molecule has 42 heavy (non-hydrogen) atoms. The molecule has 4 rings (SSSR count). The highest BCUT2D eigenvalue weighted by atomic mass is 32.2. The Hall–Kier alpha value is -4.12. The van der Waals surface area contributed by atoms with Gasteiger partial charge in [0.2, 0.25) is 0 Å². The van der Waals surface area contributed by atoms with E-state index < -0.39 is 52.8 Å². The van der Waals surface area contributed by atoms with Gasteiger partial charge in [0.15, 0.2) is 24.1 Å². The van der Waals surface area contributed by atoms with Crippen molar-refractivity contribution in [3.63, 3.8) is 0 Å². The van der Waals surface area contributed by atoms with Gasteiger partial charge in [-0.25, -0.2) is 0 Å². The van der Waals surface area contributed by atoms with E-state index >= 15 is 0 Å². The minimum atomic E-state index is -1.23. The number of thioether (sulfide) groups is 1. The van der Waals surface area contributed by atoms with E-state index in [0.29, 0.717) is 22.0 Å². The van der Waals surface area contributed by atoms with Gasteiger partial charge in [0.05, 0.1) is 5.25 Å². The van der Waals surface area contributed by atoms with E-state index in [1.165, 1.54) is 39.5 Å². The lowest BCUT2D eigenvalue weighted by Gasteiger charge is -2.44. The number of hydrogen-bond acceptors (Lipinski definition) is 10. The Morgan fingerprint density at radius 3 is 1.95 bits per heavy atom. The number of benzene rings is 2. The zero-order chi connectivity index (χ0) is 30.6. The van der Waals surface area contributed by atoms with Crippen molar-refractivity contribution < 1.29 is 42.9 Å². The quantitative estimate of drug-likeness (QED) is 0.199. The summed E-state index contributed by atoms with van der Waals surface area (Å²) in [5.41, 5.74) is 2.72. The molecule has 0 bridgehead atoms. The van der Waals surface area contributed by atoms with Crippen LogP contribution in [-0.2, 0) is 44.5 Å². The van der Waals surface area contributed by atoms with Gasteiger partial charge in [-0.05, 0) is 18.1 Å². The molecule has 0 amide bonds. The van der Waals surface area contributed by atoms with Crippen LogP contribution >= 0.6 is 11.8 Å². The number of rotatable bonds is 9. The maximum Gasteiger partial charge on any atom is 0.303 e. The van der Waals surface area contributed by atoms with Crippen molar-refractivity contribution in [3.05, 3.63) is 71.4 Å². The topological polar surface area (TPSA) is 127 Å². The maximum atomic E-state index is 13.8. The molecule has 5 atom stereocenters. The fourth-order valence-corrected chi connectivity index (χ4v) is 6.61. The van der Waals surface area contributed by atoms with Gasteiger partial charge in [0.25, 0.3) is 0 Å². The number of hydrogen-bond donors (Lipinski definition) is 0. The molecule has 1 aromatic heterocycles. The van der Waals surface area contributed by atoms with E-state index in [2.05, 4.69) is 0 Å². The Bertz CT molecular complexity index is 1500. The number of esters is 4. The molecule has 0 saturated carbocycles. The molecular formula is C31H33NO9S. The van der Waals surface area contributed by atoms with Crippen LogP contribution in [0.15, 0.2) is 54.7 Å². The number of nitrogens with zero attached hydrogens (tertiary/aromatic N) is 1. The molecule has 0 radical (unpaired) electrons. The van der Waals surface area contributed by atoms with Gasteiger partial charge in [-0.3, -0.25) is 24.0 Å². The molecule has 222 valence electrons. The molecule has 11 heteroatoms. The minimum Gasteiger partial charge on any atom is -0.465 e. The molecule has 2 aromatic carbocycles. The summed E-state index contributed by atoms with van der Waals surface area (Å²) in [6.07, 6.45) is -0.928. The molecule has 0 aliphatic carbocycles. The molecule has 3 aromatic rings. The maximum absolute atomic E-state index is 13.8. The summed E-state index contributed by atoms with van der Waals surface area (Å²) in [5, 5.41) is -0.799. The van der Waals surface area contributed by atoms with Crippen LogP contribution in [0.25, 0.3) is 10.9 Å². The van der Waals surface area contributed by atoms with Gasteiger partial charge in [-0.2, -0.15) is 0 Å². The second-order valence-corrected chi connectivity index (χ2v) is 11.3. The van der Waals surface area contributed by atoms with Crippen LogP contribution < -0.4 is 0 Å². The average molecular weight is 596 g/mol. The summed E-state index contributed by atoms with van der Waals surface area (Å²) in [6.45, 7) is 6.74. The molecule has 1 aliphatic heterocycles. The highest BCUT2D eigenvalue weighted by Crippen LogP contribution is 2.46. The number of carbonyl (C=O) groups excluding carboxylic acids is 5. The van der Waals surface area contributed by atoms with Gasteiger partial charge >= 0.3 is 23.9 Å². The van der Waals surface area contributed by atoms with E-state index in [9.17, 15) is 24.0 Å². The first-order valence-electron chi connectivity index (χ1n) is 13.5. The Morgan fingerprint density at radius 2 is 1.36 bits per heavy atom. The number of fused-ring (bicyclic) bond motifs is 1. The van der Waals surface area contributed by atoms with Crippen LogP contribution in [0.4, 0.5) is 0 Å². The molecule has 10 nitrogen and oxygen atoms in total. The SMILES string of the molecule is CCc1ccc(C(=O)c2cn([C@H]3S[C@@H](COC(C)=O)[C@@H](OC(C)=O)[C@H](OC(C)=O)[C@H]3OC(C)=O)c3ccccc23)cc1. The van der Waals surface area contributed by atoms with E-state index in [1.807, 2.05) is 43.3 Å². The predicted octanol–water partition coefficient (Wildman–Crippen LogP) is 4.41. The molecule has 0 spiro atoms. The number of para-hydroxylation sites is 1. The molecule has 1 saturated heterocycles. The zero-order valence-corrected chi connectivity index (χ0v) is 24.8. The van der Waals surface area contributed by atoms with Crippen molar-refractivity contribution >= 4 is 52.3 Å². The second-order valence-electron chi connectivity index (χ2n) is 9.94. The number of aromatic nitrogens is 1. The van der Waals surface area contributed by atoms with Gasteiger partial charge in [-0.15, -0.1) is 11.8 Å². The first kappa shape index (κ1) is 30.8. The van der Waals surface area contributed by atoms with Crippen LogP contribution in [0, 0.1) is 0 Å². The molecule has 1 aliphatic rings. The lowest BCUT2D eigenvalue weighted by molar-refractivity contribution is -0.187. The third-order valence-corrected chi connectivity index (χ3v) is 8.38. The normalized spacial score (nSPS) is 21.8. The van der Waals surface area contributed by atoms with Crippen molar-refractivity contribution in [1.29, 1.82) is 0 Å². The van der Waals surface area contributed by atoms with E-state index in [1.54, 1.807) is 22.9 Å². The third kappa shape index (κ3) is 6.84. The van der Waals surface area contributed by atoms with E-state index in [0.717, 1.165) is 12.0 Å². The summed E-state index contributed by atoms with van der Waals surface area (Å²) >= 11 is 1.23. The lowest BCUT2D eigenvalue weighted by Crippen LogP contribution is -2.57. The van der Waals surface area contributed by atoms with Gasteiger partial charge < -0.3 is 23.5 Å². The number of carbonyl (C=O) groups is 5. The Morgan fingerprint density at radius 1 is 0.762 bits per heavy atom. The summed E-state index contributed by atoms with van der Waals surface area (Å²) in [7, 11) is 0. The molecule has 0 unspecified atom stereocenters. The van der Waals surface area contributed by atoms with Crippen molar-refractivity contribution in [3.8, 4) is 0 Å².